The van der Waals surface area contributed by atoms with Crippen LogP contribution in [0.3, 0.4) is 0 Å². The van der Waals surface area contributed by atoms with Gasteiger partial charge in [-0.1, -0.05) is 87.3 Å². The van der Waals surface area contributed by atoms with Crippen LogP contribution in [0.2, 0.25) is 10.0 Å². The molecule has 2 amide bonds. The summed E-state index contributed by atoms with van der Waals surface area (Å²) in [5, 5.41) is 3.64. The summed E-state index contributed by atoms with van der Waals surface area (Å²) in [6.45, 7) is 9.13. The Balaban J connectivity index is 2.10. The average molecular weight is 633 g/mol. The minimum absolute atomic E-state index is 0.0491. The first kappa shape index (κ1) is 33.4. The molecule has 2 atom stereocenters. The molecule has 0 aliphatic heterocycles. The SMILES string of the molecule is CC[C@@H](C)NC(=O)[C@@H](CC)N(Cc1c(Cl)cccc1Cl)C(=O)CN(c1ccc(C(C)C)cc1)S(=O)(=O)c1ccccc1. The lowest BCUT2D eigenvalue weighted by Gasteiger charge is -2.34. The van der Waals surface area contributed by atoms with Crippen LogP contribution in [-0.2, 0) is 26.2 Å². The first-order valence-corrected chi connectivity index (χ1v) is 16.3. The second-order valence-electron chi connectivity index (χ2n) is 10.5. The highest BCUT2D eigenvalue weighted by molar-refractivity contribution is 7.92. The molecule has 1 N–H and O–H groups in total. The predicted molar refractivity (Wildman–Crippen MR) is 170 cm³/mol. The molecule has 42 heavy (non-hydrogen) atoms. The third-order valence-corrected chi connectivity index (χ3v) is 9.73. The maximum Gasteiger partial charge on any atom is 0.264 e. The van der Waals surface area contributed by atoms with Crippen LogP contribution in [0.25, 0.3) is 0 Å². The van der Waals surface area contributed by atoms with Gasteiger partial charge in [-0.2, -0.15) is 0 Å². The largest absolute Gasteiger partial charge is 0.352 e. The number of carbonyl (C=O) groups is 2. The molecule has 0 bridgehead atoms. The van der Waals surface area contributed by atoms with Gasteiger partial charge in [0.05, 0.1) is 10.6 Å². The van der Waals surface area contributed by atoms with Gasteiger partial charge < -0.3 is 10.2 Å². The van der Waals surface area contributed by atoms with Gasteiger partial charge in [-0.15, -0.1) is 0 Å². The van der Waals surface area contributed by atoms with Crippen molar-refractivity contribution in [3.05, 3.63) is 94.0 Å². The molecule has 0 aliphatic rings. The van der Waals surface area contributed by atoms with Gasteiger partial charge in [-0.05, 0) is 67.6 Å². The number of hydrogen-bond donors (Lipinski definition) is 1. The van der Waals surface area contributed by atoms with Gasteiger partial charge in [-0.3, -0.25) is 13.9 Å². The molecule has 226 valence electrons. The molecule has 0 spiro atoms. The maximum atomic E-state index is 14.2. The van der Waals surface area contributed by atoms with Crippen molar-refractivity contribution < 1.29 is 18.0 Å². The molecule has 0 radical (unpaired) electrons. The van der Waals surface area contributed by atoms with E-state index in [0.29, 0.717) is 34.1 Å². The fourth-order valence-electron chi connectivity index (χ4n) is 4.49. The van der Waals surface area contributed by atoms with E-state index in [4.69, 9.17) is 23.2 Å². The fraction of sp³-hybridized carbons (Fsp3) is 0.375. The Morgan fingerprint density at radius 2 is 1.43 bits per heavy atom. The van der Waals surface area contributed by atoms with E-state index in [1.165, 1.54) is 17.0 Å². The first-order valence-electron chi connectivity index (χ1n) is 14.1. The van der Waals surface area contributed by atoms with Crippen molar-refractivity contribution in [2.75, 3.05) is 10.8 Å². The van der Waals surface area contributed by atoms with Crippen LogP contribution >= 0.6 is 23.2 Å². The van der Waals surface area contributed by atoms with E-state index in [1.807, 2.05) is 39.8 Å². The van der Waals surface area contributed by atoms with Gasteiger partial charge >= 0.3 is 0 Å². The second kappa shape index (κ2) is 14.9. The molecular weight excluding hydrogens is 593 g/mol. The highest BCUT2D eigenvalue weighted by Crippen LogP contribution is 2.29. The number of carbonyl (C=O) groups excluding carboxylic acids is 2. The van der Waals surface area contributed by atoms with Crippen LogP contribution in [0.1, 0.15) is 64.5 Å². The third kappa shape index (κ3) is 8.06. The van der Waals surface area contributed by atoms with Crippen LogP contribution in [-0.4, -0.2) is 43.8 Å². The summed E-state index contributed by atoms with van der Waals surface area (Å²) in [5.74, 6) is -0.656. The number of halogens is 2. The Kier molecular flexibility index (Phi) is 11.9. The fourth-order valence-corrected chi connectivity index (χ4v) is 6.44. The van der Waals surface area contributed by atoms with Crippen molar-refractivity contribution in [1.29, 1.82) is 0 Å². The Labute approximate surface area is 259 Å². The minimum Gasteiger partial charge on any atom is -0.352 e. The van der Waals surface area contributed by atoms with Crippen molar-refractivity contribution in [3.63, 3.8) is 0 Å². The standard InChI is InChI=1S/C32H39Cl2N3O4S/c1-6-23(5)35-32(39)30(7-2)36(20-27-28(33)14-11-15-29(27)34)31(38)21-37(25-18-16-24(17-19-25)22(3)4)42(40,41)26-12-9-8-10-13-26/h8-19,22-23,30H,6-7,20-21H2,1-5H3,(H,35,39)/t23-,30-/m1/s1. The molecule has 0 saturated carbocycles. The third-order valence-electron chi connectivity index (χ3n) is 7.23. The lowest BCUT2D eigenvalue weighted by Crippen LogP contribution is -2.53. The second-order valence-corrected chi connectivity index (χ2v) is 13.2. The molecule has 0 aliphatic carbocycles. The maximum absolute atomic E-state index is 14.2. The molecule has 0 unspecified atom stereocenters. The average Bonchev–Trinajstić information content (AvgIpc) is 2.97. The number of rotatable bonds is 13. The van der Waals surface area contributed by atoms with E-state index in [0.717, 1.165) is 9.87 Å². The van der Waals surface area contributed by atoms with Crippen LogP contribution in [0.15, 0.2) is 77.7 Å². The van der Waals surface area contributed by atoms with Crippen molar-refractivity contribution in [2.45, 2.75) is 76.9 Å². The van der Waals surface area contributed by atoms with Gasteiger partial charge in [0.15, 0.2) is 0 Å². The van der Waals surface area contributed by atoms with Gasteiger partial charge in [0.25, 0.3) is 10.0 Å². The number of benzene rings is 3. The Hall–Kier alpha value is -3.07. The molecular formula is C32H39Cl2N3O4S. The van der Waals surface area contributed by atoms with Crippen molar-refractivity contribution in [1.82, 2.24) is 10.2 Å². The Morgan fingerprint density at radius 1 is 0.833 bits per heavy atom. The van der Waals surface area contributed by atoms with Crippen LogP contribution < -0.4 is 9.62 Å². The molecule has 0 saturated heterocycles. The van der Waals surface area contributed by atoms with Crippen LogP contribution in [0.4, 0.5) is 5.69 Å². The van der Waals surface area contributed by atoms with Gasteiger partial charge in [0, 0.05) is 28.2 Å². The monoisotopic (exact) mass is 631 g/mol. The summed E-state index contributed by atoms with van der Waals surface area (Å²) in [6, 6.07) is 19.1. The Morgan fingerprint density at radius 3 is 1.95 bits per heavy atom. The zero-order valence-corrected chi connectivity index (χ0v) is 27.0. The van der Waals surface area contributed by atoms with E-state index < -0.39 is 28.5 Å². The quantitative estimate of drug-likeness (QED) is 0.219. The van der Waals surface area contributed by atoms with Crippen molar-refractivity contribution in [2.24, 2.45) is 0 Å². The summed E-state index contributed by atoms with van der Waals surface area (Å²) in [6.07, 6.45) is 1.01. The van der Waals surface area contributed by atoms with E-state index in [9.17, 15) is 18.0 Å². The van der Waals surface area contributed by atoms with Crippen LogP contribution in [0.5, 0.6) is 0 Å². The van der Waals surface area contributed by atoms with E-state index >= 15 is 0 Å². The number of amides is 2. The first-order chi connectivity index (χ1) is 19.9. The summed E-state index contributed by atoms with van der Waals surface area (Å²) in [5.41, 5.74) is 1.84. The summed E-state index contributed by atoms with van der Waals surface area (Å²) in [4.78, 5) is 29.1. The zero-order valence-electron chi connectivity index (χ0n) is 24.7. The molecule has 0 heterocycles. The highest BCUT2D eigenvalue weighted by Gasteiger charge is 2.34. The predicted octanol–water partition coefficient (Wildman–Crippen LogP) is 7.03. The van der Waals surface area contributed by atoms with Crippen molar-refractivity contribution in [3.8, 4) is 0 Å². The van der Waals surface area contributed by atoms with Gasteiger partial charge in [-0.25, -0.2) is 8.42 Å². The number of sulfonamides is 1. The molecule has 0 aromatic heterocycles. The normalized spacial score (nSPS) is 13.0. The molecule has 3 aromatic carbocycles. The summed E-state index contributed by atoms with van der Waals surface area (Å²) < 4.78 is 29.0. The van der Waals surface area contributed by atoms with Crippen LogP contribution in [0, 0.1) is 0 Å². The zero-order chi connectivity index (χ0) is 31.0. The minimum atomic E-state index is -4.15. The summed E-state index contributed by atoms with van der Waals surface area (Å²) >= 11 is 13.0. The van der Waals surface area contributed by atoms with E-state index in [-0.39, 0.29) is 29.3 Å². The van der Waals surface area contributed by atoms with E-state index in [1.54, 1.807) is 55.5 Å². The molecule has 10 heteroatoms. The number of nitrogens with zero attached hydrogens (tertiary/aromatic N) is 2. The smallest absolute Gasteiger partial charge is 0.264 e. The molecule has 3 aromatic rings. The lowest BCUT2D eigenvalue weighted by atomic mass is 10.0. The number of hydrogen-bond acceptors (Lipinski definition) is 4. The highest BCUT2D eigenvalue weighted by atomic mass is 35.5. The van der Waals surface area contributed by atoms with E-state index in [2.05, 4.69) is 5.32 Å². The lowest BCUT2D eigenvalue weighted by molar-refractivity contribution is -0.140. The summed E-state index contributed by atoms with van der Waals surface area (Å²) in [7, 11) is -4.15. The number of nitrogens with one attached hydrogen (secondary N) is 1. The van der Waals surface area contributed by atoms with Gasteiger partial charge in [0.2, 0.25) is 11.8 Å². The molecule has 0 fully saturated rings. The number of anilines is 1. The molecule has 3 rings (SSSR count). The van der Waals surface area contributed by atoms with Gasteiger partial charge in [0.1, 0.15) is 12.6 Å². The Bertz CT molecular complexity index is 1440. The topological polar surface area (TPSA) is 86.8 Å². The van der Waals surface area contributed by atoms with Crippen molar-refractivity contribution >= 4 is 50.7 Å². The molecule has 7 nitrogen and oxygen atoms in total.